The van der Waals surface area contributed by atoms with Gasteiger partial charge in [-0.15, -0.1) is 0 Å². The summed E-state index contributed by atoms with van der Waals surface area (Å²) >= 11 is 0. The third-order valence-corrected chi connectivity index (χ3v) is 3.62. The van der Waals surface area contributed by atoms with Crippen molar-refractivity contribution in [2.75, 3.05) is 7.11 Å². The molecule has 0 saturated heterocycles. The third kappa shape index (κ3) is 4.57. The molecule has 6 heteroatoms. The Morgan fingerprint density at radius 1 is 1.12 bits per heavy atom. The van der Waals surface area contributed by atoms with Crippen molar-refractivity contribution in [3.05, 3.63) is 65.7 Å². The number of carbonyl (C=O) groups is 2. The van der Waals surface area contributed by atoms with Gasteiger partial charge in [0.2, 0.25) is 5.91 Å². The van der Waals surface area contributed by atoms with Gasteiger partial charge in [0.15, 0.2) is 0 Å². The second-order valence-electron chi connectivity index (χ2n) is 5.34. The molecule has 0 fully saturated rings. The molecule has 0 aliphatic carbocycles. The Labute approximate surface area is 140 Å². The van der Waals surface area contributed by atoms with Gasteiger partial charge in [-0.3, -0.25) is 4.79 Å². The molecule has 2 aromatic rings. The zero-order chi connectivity index (χ0) is 17.5. The summed E-state index contributed by atoms with van der Waals surface area (Å²) in [5.41, 5.74) is 7.38. The number of hydrogen-bond donors (Lipinski definition) is 3. The van der Waals surface area contributed by atoms with Crippen LogP contribution in [0.25, 0.3) is 0 Å². The van der Waals surface area contributed by atoms with Crippen molar-refractivity contribution in [2.24, 2.45) is 5.73 Å². The largest absolute Gasteiger partial charge is 0.508 e. The Morgan fingerprint density at radius 2 is 1.75 bits per heavy atom. The molecule has 0 spiro atoms. The van der Waals surface area contributed by atoms with E-state index in [1.165, 1.54) is 19.2 Å². The standard InChI is InChI=1S/C18H20N2O4/c1-24-18(23)15(11-12-7-9-14(21)10-8-12)20-17(22)16(19)13-5-3-2-4-6-13/h2-10,15-16,21H,11,19H2,1H3,(H,20,22)/t15-,16+/m0/s1. The highest BCUT2D eigenvalue weighted by atomic mass is 16.5. The van der Waals surface area contributed by atoms with E-state index in [2.05, 4.69) is 5.32 Å². The lowest BCUT2D eigenvalue weighted by Gasteiger charge is -2.19. The van der Waals surface area contributed by atoms with E-state index < -0.39 is 24.0 Å². The van der Waals surface area contributed by atoms with Gasteiger partial charge in [-0.25, -0.2) is 4.79 Å². The Kier molecular flexibility index (Phi) is 5.92. The molecule has 0 bridgehead atoms. The maximum atomic E-state index is 12.3. The van der Waals surface area contributed by atoms with Crippen LogP contribution in [-0.2, 0) is 20.7 Å². The molecule has 6 nitrogen and oxygen atoms in total. The normalized spacial score (nSPS) is 12.9. The third-order valence-electron chi connectivity index (χ3n) is 3.62. The zero-order valence-electron chi connectivity index (χ0n) is 13.3. The molecule has 126 valence electrons. The van der Waals surface area contributed by atoms with Gasteiger partial charge in [0, 0.05) is 6.42 Å². The Balaban J connectivity index is 2.09. The van der Waals surface area contributed by atoms with Crippen molar-refractivity contribution in [1.29, 1.82) is 0 Å². The number of rotatable bonds is 6. The first-order valence-corrected chi connectivity index (χ1v) is 7.48. The van der Waals surface area contributed by atoms with Crippen LogP contribution in [0.2, 0.25) is 0 Å². The molecule has 2 aromatic carbocycles. The van der Waals surface area contributed by atoms with E-state index in [-0.39, 0.29) is 12.2 Å². The minimum Gasteiger partial charge on any atom is -0.508 e. The Morgan fingerprint density at radius 3 is 2.33 bits per heavy atom. The molecule has 1 amide bonds. The topological polar surface area (TPSA) is 102 Å². The molecule has 0 unspecified atom stereocenters. The highest BCUT2D eigenvalue weighted by molar-refractivity contribution is 5.88. The number of aromatic hydroxyl groups is 1. The highest BCUT2D eigenvalue weighted by Gasteiger charge is 2.25. The first kappa shape index (κ1) is 17.5. The number of ether oxygens (including phenoxy) is 1. The fraction of sp³-hybridized carbons (Fsp3) is 0.222. The van der Waals surface area contributed by atoms with Crippen molar-refractivity contribution in [2.45, 2.75) is 18.5 Å². The van der Waals surface area contributed by atoms with E-state index in [0.29, 0.717) is 5.56 Å². The Bertz CT molecular complexity index is 686. The van der Waals surface area contributed by atoms with E-state index in [1.54, 1.807) is 36.4 Å². The summed E-state index contributed by atoms with van der Waals surface area (Å²) in [5, 5.41) is 11.9. The van der Waals surface area contributed by atoms with E-state index in [9.17, 15) is 14.7 Å². The minimum absolute atomic E-state index is 0.128. The summed E-state index contributed by atoms with van der Waals surface area (Å²) in [5.74, 6) is -0.893. The molecule has 24 heavy (non-hydrogen) atoms. The quantitative estimate of drug-likeness (QED) is 0.694. The van der Waals surface area contributed by atoms with E-state index in [1.807, 2.05) is 6.07 Å². The highest BCUT2D eigenvalue weighted by Crippen LogP contribution is 2.13. The van der Waals surface area contributed by atoms with Crippen LogP contribution in [0, 0.1) is 0 Å². The summed E-state index contributed by atoms with van der Waals surface area (Å²) < 4.78 is 4.75. The van der Waals surface area contributed by atoms with Crippen molar-refractivity contribution >= 4 is 11.9 Å². The maximum absolute atomic E-state index is 12.3. The van der Waals surface area contributed by atoms with E-state index in [0.717, 1.165) is 5.56 Å². The second-order valence-corrected chi connectivity index (χ2v) is 5.34. The van der Waals surface area contributed by atoms with Crippen LogP contribution < -0.4 is 11.1 Å². The number of carbonyl (C=O) groups excluding carboxylic acids is 2. The summed E-state index contributed by atoms with van der Waals surface area (Å²) in [4.78, 5) is 24.3. The van der Waals surface area contributed by atoms with Gasteiger partial charge in [-0.05, 0) is 23.3 Å². The summed E-state index contributed by atoms with van der Waals surface area (Å²) in [6, 6.07) is 13.5. The van der Waals surface area contributed by atoms with E-state index in [4.69, 9.17) is 10.5 Å². The molecule has 0 saturated carbocycles. The maximum Gasteiger partial charge on any atom is 0.328 e. The molecule has 0 aromatic heterocycles. The van der Waals surface area contributed by atoms with Crippen LogP contribution in [0.1, 0.15) is 17.2 Å². The van der Waals surface area contributed by atoms with Gasteiger partial charge in [0.1, 0.15) is 17.8 Å². The lowest BCUT2D eigenvalue weighted by molar-refractivity contribution is -0.145. The van der Waals surface area contributed by atoms with Crippen LogP contribution in [0.15, 0.2) is 54.6 Å². The molecule has 0 radical (unpaired) electrons. The number of phenols is 1. The van der Waals surface area contributed by atoms with Crippen molar-refractivity contribution < 1.29 is 19.4 Å². The van der Waals surface area contributed by atoms with Crippen LogP contribution in [0.4, 0.5) is 0 Å². The number of amides is 1. The first-order valence-electron chi connectivity index (χ1n) is 7.48. The Hall–Kier alpha value is -2.86. The number of hydrogen-bond acceptors (Lipinski definition) is 5. The number of esters is 1. The predicted molar refractivity (Wildman–Crippen MR) is 89.1 cm³/mol. The fourth-order valence-corrected chi connectivity index (χ4v) is 2.28. The van der Waals surface area contributed by atoms with Gasteiger partial charge in [-0.2, -0.15) is 0 Å². The first-order chi connectivity index (χ1) is 11.5. The van der Waals surface area contributed by atoms with E-state index >= 15 is 0 Å². The number of methoxy groups -OCH3 is 1. The average Bonchev–Trinajstić information content (AvgIpc) is 2.62. The lowest BCUT2D eigenvalue weighted by Crippen LogP contribution is -2.46. The zero-order valence-corrected chi connectivity index (χ0v) is 13.3. The molecule has 4 N–H and O–H groups in total. The SMILES string of the molecule is COC(=O)[C@H](Cc1ccc(O)cc1)NC(=O)[C@H](N)c1ccccc1. The molecule has 0 aliphatic heterocycles. The van der Waals surface area contributed by atoms with Crippen molar-refractivity contribution in [1.82, 2.24) is 5.32 Å². The van der Waals surface area contributed by atoms with Crippen LogP contribution in [-0.4, -0.2) is 30.1 Å². The fourth-order valence-electron chi connectivity index (χ4n) is 2.28. The molecular weight excluding hydrogens is 308 g/mol. The number of nitrogens with two attached hydrogens (primary N) is 1. The van der Waals surface area contributed by atoms with Gasteiger partial charge >= 0.3 is 5.97 Å². The van der Waals surface area contributed by atoms with Gasteiger partial charge in [0.05, 0.1) is 7.11 Å². The number of nitrogens with one attached hydrogen (secondary N) is 1. The summed E-state index contributed by atoms with van der Waals surface area (Å²) in [6.07, 6.45) is 0.236. The predicted octanol–water partition coefficient (Wildman–Crippen LogP) is 1.29. The molecule has 0 aliphatic rings. The van der Waals surface area contributed by atoms with Crippen molar-refractivity contribution in [3.63, 3.8) is 0 Å². The minimum atomic E-state index is -0.877. The van der Waals surface area contributed by atoms with Gasteiger partial charge < -0.3 is 20.9 Å². The van der Waals surface area contributed by atoms with Gasteiger partial charge in [0.25, 0.3) is 0 Å². The number of phenolic OH excluding ortho intramolecular Hbond substituents is 1. The summed E-state index contributed by atoms with van der Waals surface area (Å²) in [7, 11) is 1.26. The van der Waals surface area contributed by atoms with Gasteiger partial charge in [-0.1, -0.05) is 42.5 Å². The molecule has 0 heterocycles. The van der Waals surface area contributed by atoms with Crippen LogP contribution in [0.3, 0.4) is 0 Å². The smallest absolute Gasteiger partial charge is 0.328 e. The molecule has 2 rings (SSSR count). The van der Waals surface area contributed by atoms with Crippen LogP contribution in [0.5, 0.6) is 5.75 Å². The molecule has 2 atom stereocenters. The average molecular weight is 328 g/mol. The monoisotopic (exact) mass is 328 g/mol. The van der Waals surface area contributed by atoms with Crippen molar-refractivity contribution in [3.8, 4) is 5.75 Å². The van der Waals surface area contributed by atoms with Crippen LogP contribution >= 0.6 is 0 Å². The lowest BCUT2D eigenvalue weighted by atomic mass is 10.0. The number of benzene rings is 2. The summed E-state index contributed by atoms with van der Waals surface area (Å²) in [6.45, 7) is 0. The molecular formula is C18H20N2O4. The second kappa shape index (κ2) is 8.12.